The Morgan fingerprint density at radius 3 is 2.80 bits per heavy atom. The van der Waals surface area contributed by atoms with Crippen molar-refractivity contribution >= 4 is 11.6 Å². The summed E-state index contributed by atoms with van der Waals surface area (Å²) in [7, 11) is 0. The summed E-state index contributed by atoms with van der Waals surface area (Å²) < 4.78 is 0. The topological polar surface area (TPSA) is 15.3 Å². The maximum absolute atomic E-state index is 5.73. The van der Waals surface area contributed by atoms with E-state index in [2.05, 4.69) is 37.9 Å². The van der Waals surface area contributed by atoms with Crippen molar-refractivity contribution in [2.45, 2.75) is 39.8 Å². The highest BCUT2D eigenvalue weighted by molar-refractivity contribution is 6.25. The van der Waals surface area contributed by atoms with Crippen molar-refractivity contribution in [3.05, 3.63) is 11.1 Å². The molecule has 2 atom stereocenters. The first-order valence-corrected chi connectivity index (χ1v) is 6.21. The lowest BCUT2D eigenvalue weighted by atomic mass is 9.98. The zero-order valence-electron chi connectivity index (χ0n) is 10.3. The highest BCUT2D eigenvalue weighted by atomic mass is 35.5. The van der Waals surface area contributed by atoms with E-state index in [0.717, 1.165) is 19.6 Å². The molecule has 0 aromatic rings. The van der Waals surface area contributed by atoms with E-state index < -0.39 is 0 Å². The fourth-order valence-electron chi connectivity index (χ4n) is 2.20. The Balaban J connectivity index is 2.62. The highest BCUT2D eigenvalue weighted by Crippen LogP contribution is 2.16. The summed E-state index contributed by atoms with van der Waals surface area (Å²) in [5.74, 6) is 0.688. The van der Waals surface area contributed by atoms with Crippen LogP contribution in [0.1, 0.15) is 27.7 Å². The molecule has 15 heavy (non-hydrogen) atoms. The lowest BCUT2D eigenvalue weighted by molar-refractivity contribution is 0.113. The Morgan fingerprint density at radius 2 is 2.27 bits per heavy atom. The number of hydrogen-bond donors (Lipinski definition) is 1. The van der Waals surface area contributed by atoms with Gasteiger partial charge in [-0.2, -0.15) is 0 Å². The van der Waals surface area contributed by atoms with Crippen LogP contribution >= 0.6 is 11.6 Å². The molecule has 0 aromatic heterocycles. The fraction of sp³-hybridized carbons (Fsp3) is 0.833. The summed E-state index contributed by atoms with van der Waals surface area (Å²) in [5.41, 5.74) is 2.95. The van der Waals surface area contributed by atoms with Crippen LogP contribution in [0.15, 0.2) is 11.1 Å². The van der Waals surface area contributed by atoms with Gasteiger partial charge in [0.1, 0.15) is 0 Å². The molecule has 1 N–H and O–H groups in total. The van der Waals surface area contributed by atoms with Crippen molar-refractivity contribution < 1.29 is 0 Å². The van der Waals surface area contributed by atoms with E-state index in [1.807, 2.05) is 0 Å². The Bertz CT molecular complexity index is 226. The van der Waals surface area contributed by atoms with E-state index in [0.29, 0.717) is 18.0 Å². The van der Waals surface area contributed by atoms with Gasteiger partial charge >= 0.3 is 0 Å². The van der Waals surface area contributed by atoms with Gasteiger partial charge in [0.15, 0.2) is 0 Å². The van der Waals surface area contributed by atoms with E-state index in [1.165, 1.54) is 5.57 Å². The van der Waals surface area contributed by atoms with Crippen LogP contribution in [0, 0.1) is 5.92 Å². The third-order valence-electron chi connectivity index (χ3n) is 3.06. The predicted octanol–water partition coefficient (Wildman–Crippen LogP) is 2.45. The van der Waals surface area contributed by atoms with Gasteiger partial charge in [-0.05, 0) is 25.3 Å². The third kappa shape index (κ3) is 3.78. The maximum atomic E-state index is 5.73. The van der Waals surface area contributed by atoms with Gasteiger partial charge in [0.2, 0.25) is 0 Å². The average molecular weight is 231 g/mol. The lowest BCUT2D eigenvalue weighted by Crippen LogP contribution is -2.57. The van der Waals surface area contributed by atoms with Crippen LogP contribution in [0.4, 0.5) is 0 Å². The second-order valence-electron chi connectivity index (χ2n) is 5.01. The minimum Gasteiger partial charge on any atom is -0.311 e. The number of hydrogen-bond acceptors (Lipinski definition) is 2. The van der Waals surface area contributed by atoms with Crippen LogP contribution in [0.25, 0.3) is 0 Å². The van der Waals surface area contributed by atoms with Crippen molar-refractivity contribution in [1.29, 1.82) is 0 Å². The summed E-state index contributed by atoms with van der Waals surface area (Å²) in [4.78, 5) is 2.54. The number of nitrogens with one attached hydrogen (secondary N) is 1. The van der Waals surface area contributed by atoms with Gasteiger partial charge in [0.25, 0.3) is 0 Å². The summed E-state index contributed by atoms with van der Waals surface area (Å²) in [6.07, 6.45) is 0. The molecule has 3 heteroatoms. The summed E-state index contributed by atoms with van der Waals surface area (Å²) in [6.45, 7) is 12.1. The molecule has 0 bridgehead atoms. The zero-order chi connectivity index (χ0) is 11.4. The minimum atomic E-state index is 0.586. The molecule has 0 saturated carbocycles. The van der Waals surface area contributed by atoms with Crippen LogP contribution in [-0.2, 0) is 0 Å². The molecule has 1 rings (SSSR count). The summed E-state index contributed by atoms with van der Waals surface area (Å²) >= 11 is 5.73. The molecule has 0 aromatic carbocycles. The first-order valence-electron chi connectivity index (χ1n) is 5.78. The molecule has 0 radical (unpaired) electrons. The first kappa shape index (κ1) is 13.0. The van der Waals surface area contributed by atoms with Crippen LogP contribution in [0.2, 0.25) is 0 Å². The molecule has 0 aliphatic carbocycles. The number of piperazine rings is 1. The van der Waals surface area contributed by atoms with Crippen LogP contribution < -0.4 is 5.32 Å². The molecule has 1 aliphatic rings. The van der Waals surface area contributed by atoms with E-state index in [9.17, 15) is 0 Å². The highest BCUT2D eigenvalue weighted by Gasteiger charge is 2.27. The Hall–Kier alpha value is -0.0500. The smallest absolute Gasteiger partial charge is 0.0247 e. The van der Waals surface area contributed by atoms with Crippen LogP contribution in [0.3, 0.4) is 0 Å². The second kappa shape index (κ2) is 5.88. The monoisotopic (exact) mass is 230 g/mol. The standard InChI is InChI=1S/C12H23ClN2/c1-9(2)12-6-14-11(4)8-15(12)7-10(3)5-13/h5,9,11-12,14H,6-8H2,1-4H3. The van der Waals surface area contributed by atoms with Crippen molar-refractivity contribution in [3.63, 3.8) is 0 Å². The van der Waals surface area contributed by atoms with Gasteiger partial charge < -0.3 is 5.32 Å². The SMILES string of the molecule is CC(=CCl)CN1CC(C)NCC1C(C)C. The summed E-state index contributed by atoms with van der Waals surface area (Å²) in [6, 6.07) is 1.22. The fourth-order valence-corrected chi connectivity index (χ4v) is 2.27. The van der Waals surface area contributed by atoms with Gasteiger partial charge in [0.05, 0.1) is 0 Å². The molecular weight excluding hydrogens is 208 g/mol. The van der Waals surface area contributed by atoms with Gasteiger partial charge in [0, 0.05) is 37.3 Å². The lowest BCUT2D eigenvalue weighted by Gasteiger charge is -2.41. The minimum absolute atomic E-state index is 0.586. The molecular formula is C12H23ClN2. The molecule has 0 spiro atoms. The molecule has 2 nitrogen and oxygen atoms in total. The Kier molecular flexibility index (Phi) is 5.10. The van der Waals surface area contributed by atoms with Crippen molar-refractivity contribution in [1.82, 2.24) is 10.2 Å². The van der Waals surface area contributed by atoms with Crippen molar-refractivity contribution in [2.75, 3.05) is 19.6 Å². The van der Waals surface area contributed by atoms with Gasteiger partial charge in [-0.1, -0.05) is 25.4 Å². The normalized spacial score (nSPS) is 29.9. The van der Waals surface area contributed by atoms with Gasteiger partial charge in [-0.3, -0.25) is 4.90 Å². The van der Waals surface area contributed by atoms with Gasteiger partial charge in [-0.15, -0.1) is 0 Å². The molecule has 1 heterocycles. The second-order valence-corrected chi connectivity index (χ2v) is 5.22. The van der Waals surface area contributed by atoms with Crippen LogP contribution in [0.5, 0.6) is 0 Å². The van der Waals surface area contributed by atoms with E-state index in [1.54, 1.807) is 5.54 Å². The molecule has 0 amide bonds. The largest absolute Gasteiger partial charge is 0.311 e. The van der Waals surface area contributed by atoms with Gasteiger partial charge in [-0.25, -0.2) is 0 Å². The molecule has 88 valence electrons. The molecule has 1 aliphatic heterocycles. The first-order chi connectivity index (χ1) is 7.04. The average Bonchev–Trinajstić information content (AvgIpc) is 2.17. The number of halogens is 1. The quantitative estimate of drug-likeness (QED) is 0.802. The predicted molar refractivity (Wildman–Crippen MR) is 67.3 cm³/mol. The van der Waals surface area contributed by atoms with E-state index >= 15 is 0 Å². The molecule has 1 saturated heterocycles. The van der Waals surface area contributed by atoms with Crippen LogP contribution in [-0.4, -0.2) is 36.6 Å². The Morgan fingerprint density at radius 1 is 1.60 bits per heavy atom. The van der Waals surface area contributed by atoms with E-state index in [-0.39, 0.29) is 0 Å². The third-order valence-corrected chi connectivity index (χ3v) is 3.43. The Labute approximate surface area is 98.7 Å². The van der Waals surface area contributed by atoms with Crippen molar-refractivity contribution in [2.24, 2.45) is 5.92 Å². The van der Waals surface area contributed by atoms with Crippen molar-refractivity contribution in [3.8, 4) is 0 Å². The summed E-state index contributed by atoms with van der Waals surface area (Å²) in [5, 5.41) is 3.54. The molecule has 1 fully saturated rings. The number of nitrogens with zero attached hydrogens (tertiary/aromatic N) is 1. The zero-order valence-corrected chi connectivity index (χ0v) is 11.0. The molecule has 2 unspecified atom stereocenters. The van der Waals surface area contributed by atoms with E-state index in [4.69, 9.17) is 11.6 Å². The number of rotatable bonds is 3. The maximum Gasteiger partial charge on any atom is 0.0247 e.